The number of thiazole rings is 1. The zero-order valence-corrected chi connectivity index (χ0v) is 13.0. The van der Waals surface area contributed by atoms with Gasteiger partial charge in [-0.1, -0.05) is 37.3 Å². The first-order valence-electron chi connectivity index (χ1n) is 7.25. The summed E-state index contributed by atoms with van der Waals surface area (Å²) >= 11 is 1.75. The van der Waals surface area contributed by atoms with Crippen LogP contribution in [0.5, 0.6) is 0 Å². The normalized spacial score (nSPS) is 14.9. The predicted molar refractivity (Wildman–Crippen MR) is 84.8 cm³/mol. The Bertz CT molecular complexity index is 755. The Morgan fingerprint density at radius 1 is 1.14 bits per heavy atom. The van der Waals surface area contributed by atoms with Crippen LogP contribution in [0.15, 0.2) is 24.3 Å². The first-order chi connectivity index (χ1) is 10.2. The van der Waals surface area contributed by atoms with Crippen molar-refractivity contribution < 1.29 is 0 Å². The molecular formula is C15H17N5S. The molecule has 0 aliphatic carbocycles. The molecule has 6 heteroatoms. The van der Waals surface area contributed by atoms with E-state index in [1.807, 2.05) is 6.07 Å². The van der Waals surface area contributed by atoms with E-state index in [-0.39, 0.29) is 0 Å². The Balaban J connectivity index is 1.66. The third-order valence-electron chi connectivity index (χ3n) is 3.85. The van der Waals surface area contributed by atoms with Crippen LogP contribution in [0.2, 0.25) is 0 Å². The van der Waals surface area contributed by atoms with Gasteiger partial charge in [-0.15, -0.1) is 10.2 Å². The van der Waals surface area contributed by atoms with Crippen molar-refractivity contribution in [3.63, 3.8) is 0 Å². The average molecular weight is 299 g/mol. The molecule has 3 heterocycles. The molecule has 1 aromatic carbocycles. The lowest BCUT2D eigenvalue weighted by molar-refractivity contribution is 0.532. The zero-order valence-electron chi connectivity index (χ0n) is 12.2. The molecule has 21 heavy (non-hydrogen) atoms. The van der Waals surface area contributed by atoms with Crippen molar-refractivity contribution in [2.45, 2.75) is 32.9 Å². The molecule has 108 valence electrons. The maximum Gasteiger partial charge on any atom is 0.186 e. The van der Waals surface area contributed by atoms with Gasteiger partial charge in [0.1, 0.15) is 5.82 Å². The number of nitrogens with zero attached hydrogens (tertiary/aromatic N) is 5. The Kier molecular flexibility index (Phi) is 2.92. The highest BCUT2D eigenvalue weighted by Crippen LogP contribution is 2.31. The monoisotopic (exact) mass is 299 g/mol. The van der Waals surface area contributed by atoms with Crippen molar-refractivity contribution in [3.05, 3.63) is 35.9 Å². The smallest absolute Gasteiger partial charge is 0.186 e. The van der Waals surface area contributed by atoms with Gasteiger partial charge in [-0.3, -0.25) is 0 Å². The van der Waals surface area contributed by atoms with E-state index >= 15 is 0 Å². The summed E-state index contributed by atoms with van der Waals surface area (Å²) in [5.74, 6) is 2.55. The molecule has 0 saturated heterocycles. The van der Waals surface area contributed by atoms with Gasteiger partial charge in [0.25, 0.3) is 0 Å². The van der Waals surface area contributed by atoms with Crippen molar-refractivity contribution in [1.29, 1.82) is 0 Å². The molecule has 0 atom stereocenters. The van der Waals surface area contributed by atoms with Gasteiger partial charge in [0.05, 0.1) is 16.8 Å². The van der Waals surface area contributed by atoms with E-state index in [9.17, 15) is 0 Å². The number of rotatable bonds is 2. The summed E-state index contributed by atoms with van der Waals surface area (Å²) in [4.78, 5) is 7.04. The summed E-state index contributed by atoms with van der Waals surface area (Å²) in [7, 11) is 0. The highest BCUT2D eigenvalue weighted by molar-refractivity contribution is 7.22. The average Bonchev–Trinajstić information content (AvgIpc) is 3.10. The molecule has 3 aromatic rings. The van der Waals surface area contributed by atoms with Crippen LogP contribution in [0.3, 0.4) is 0 Å². The fourth-order valence-corrected chi connectivity index (χ4v) is 3.76. The Labute approximate surface area is 127 Å². The van der Waals surface area contributed by atoms with Crippen LogP contribution in [0.1, 0.15) is 31.4 Å². The molecule has 0 bridgehead atoms. The van der Waals surface area contributed by atoms with Crippen molar-refractivity contribution in [3.8, 4) is 0 Å². The van der Waals surface area contributed by atoms with Crippen LogP contribution in [-0.4, -0.2) is 26.3 Å². The number of para-hydroxylation sites is 1. The topological polar surface area (TPSA) is 46.8 Å². The van der Waals surface area contributed by atoms with E-state index in [1.54, 1.807) is 11.3 Å². The predicted octanol–water partition coefficient (Wildman–Crippen LogP) is 3.03. The quantitative estimate of drug-likeness (QED) is 0.730. The third-order valence-corrected chi connectivity index (χ3v) is 4.95. The summed E-state index contributed by atoms with van der Waals surface area (Å²) in [6.45, 7) is 7.02. The molecule has 0 unspecified atom stereocenters. The highest BCUT2D eigenvalue weighted by atomic mass is 32.1. The number of anilines is 1. The van der Waals surface area contributed by atoms with Gasteiger partial charge in [0.2, 0.25) is 0 Å². The summed E-state index contributed by atoms with van der Waals surface area (Å²) in [6, 6.07) is 8.29. The fraction of sp³-hybridized carbons (Fsp3) is 0.400. The number of fused-ring (bicyclic) bond motifs is 2. The standard InChI is InChI=1S/C15H17N5S/c1-10(2)14-18-17-13-9-19(7-8-20(13)14)15-16-11-5-3-4-6-12(11)21-15/h3-6,10H,7-9H2,1-2H3. The highest BCUT2D eigenvalue weighted by Gasteiger charge is 2.24. The van der Waals surface area contributed by atoms with Gasteiger partial charge < -0.3 is 9.47 Å². The van der Waals surface area contributed by atoms with Crippen LogP contribution >= 0.6 is 11.3 Å². The number of hydrogen-bond acceptors (Lipinski definition) is 5. The lowest BCUT2D eigenvalue weighted by atomic mass is 10.2. The van der Waals surface area contributed by atoms with Gasteiger partial charge in [-0.25, -0.2) is 4.98 Å². The van der Waals surface area contributed by atoms with E-state index in [4.69, 9.17) is 4.98 Å². The van der Waals surface area contributed by atoms with Gasteiger partial charge >= 0.3 is 0 Å². The minimum absolute atomic E-state index is 0.417. The lowest BCUT2D eigenvalue weighted by Gasteiger charge is -2.27. The Morgan fingerprint density at radius 2 is 2.00 bits per heavy atom. The van der Waals surface area contributed by atoms with Crippen molar-refractivity contribution >= 4 is 26.7 Å². The molecule has 2 aromatic heterocycles. The molecule has 4 rings (SSSR count). The van der Waals surface area contributed by atoms with Crippen LogP contribution in [0.4, 0.5) is 5.13 Å². The van der Waals surface area contributed by atoms with Crippen molar-refractivity contribution in [2.75, 3.05) is 11.4 Å². The molecule has 1 aliphatic heterocycles. The zero-order chi connectivity index (χ0) is 14.4. The van der Waals surface area contributed by atoms with Crippen LogP contribution in [0, 0.1) is 0 Å². The first kappa shape index (κ1) is 12.8. The first-order valence-corrected chi connectivity index (χ1v) is 8.06. The van der Waals surface area contributed by atoms with Gasteiger partial charge in [0.15, 0.2) is 11.0 Å². The van der Waals surface area contributed by atoms with E-state index in [2.05, 4.69) is 51.7 Å². The van der Waals surface area contributed by atoms with Crippen molar-refractivity contribution in [2.24, 2.45) is 0 Å². The van der Waals surface area contributed by atoms with Gasteiger partial charge in [-0.2, -0.15) is 0 Å². The molecule has 0 radical (unpaired) electrons. The minimum atomic E-state index is 0.417. The molecule has 0 fully saturated rings. The Hall–Kier alpha value is -1.95. The maximum absolute atomic E-state index is 4.74. The van der Waals surface area contributed by atoms with Gasteiger partial charge in [0, 0.05) is 19.0 Å². The molecule has 5 nitrogen and oxygen atoms in total. The van der Waals surface area contributed by atoms with Crippen LogP contribution < -0.4 is 4.90 Å². The second-order valence-electron chi connectivity index (χ2n) is 5.67. The largest absolute Gasteiger partial charge is 0.339 e. The van der Waals surface area contributed by atoms with E-state index in [0.717, 1.165) is 41.9 Å². The second-order valence-corrected chi connectivity index (χ2v) is 6.68. The summed E-state index contributed by atoms with van der Waals surface area (Å²) in [5.41, 5.74) is 1.08. The SMILES string of the molecule is CC(C)c1nnc2n1CCN(c1nc3ccccc3s1)C2. The second kappa shape index (κ2) is 4.80. The molecule has 0 amide bonds. The molecule has 0 N–H and O–H groups in total. The minimum Gasteiger partial charge on any atom is -0.339 e. The van der Waals surface area contributed by atoms with E-state index in [1.165, 1.54) is 4.70 Å². The lowest BCUT2D eigenvalue weighted by Crippen LogP contribution is -2.34. The van der Waals surface area contributed by atoms with Crippen LogP contribution in [0.25, 0.3) is 10.2 Å². The van der Waals surface area contributed by atoms with E-state index < -0.39 is 0 Å². The molecule has 0 saturated carbocycles. The molecule has 0 spiro atoms. The Morgan fingerprint density at radius 3 is 2.81 bits per heavy atom. The molecule has 1 aliphatic rings. The fourth-order valence-electron chi connectivity index (χ4n) is 2.77. The van der Waals surface area contributed by atoms with E-state index in [0.29, 0.717) is 5.92 Å². The van der Waals surface area contributed by atoms with Crippen molar-refractivity contribution in [1.82, 2.24) is 19.7 Å². The number of aromatic nitrogens is 4. The van der Waals surface area contributed by atoms with Crippen LogP contribution in [-0.2, 0) is 13.1 Å². The molecular weight excluding hydrogens is 282 g/mol. The maximum atomic E-state index is 4.74. The van der Waals surface area contributed by atoms with Gasteiger partial charge in [-0.05, 0) is 12.1 Å². The summed E-state index contributed by atoms with van der Waals surface area (Å²) < 4.78 is 3.50. The number of hydrogen-bond donors (Lipinski definition) is 0. The third kappa shape index (κ3) is 2.10. The summed E-state index contributed by atoms with van der Waals surface area (Å²) in [6.07, 6.45) is 0. The number of benzene rings is 1. The summed E-state index contributed by atoms with van der Waals surface area (Å²) in [5, 5.41) is 9.77.